The van der Waals surface area contributed by atoms with Crippen molar-refractivity contribution in [3.8, 4) is 5.75 Å². The number of carbonyl (C=O) groups is 1. The van der Waals surface area contributed by atoms with Gasteiger partial charge in [-0.3, -0.25) is 4.79 Å². The van der Waals surface area contributed by atoms with Crippen LogP contribution in [0, 0.1) is 17.7 Å². The average Bonchev–Trinajstić information content (AvgIpc) is 3.29. The molecule has 32 heavy (non-hydrogen) atoms. The minimum Gasteiger partial charge on any atom is -0.493 e. The summed E-state index contributed by atoms with van der Waals surface area (Å²) in [5, 5.41) is 13.1. The molecule has 0 saturated carbocycles. The van der Waals surface area contributed by atoms with E-state index in [1.165, 1.54) is 6.07 Å². The minimum absolute atomic E-state index is 0.237. The number of anilines is 1. The molecule has 1 atom stereocenters. The first-order chi connectivity index (χ1) is 15.4. The van der Waals surface area contributed by atoms with E-state index in [1.807, 2.05) is 19.9 Å². The number of piperidine rings is 1. The number of aromatic nitrogens is 2. The fourth-order valence-corrected chi connectivity index (χ4v) is 4.24. The molecule has 2 aromatic rings. The number of halogens is 1. The summed E-state index contributed by atoms with van der Waals surface area (Å²) in [6.45, 7) is 6.26. The van der Waals surface area contributed by atoms with E-state index < -0.39 is 5.97 Å². The summed E-state index contributed by atoms with van der Waals surface area (Å²) in [5.74, 6) is 0.390. The summed E-state index contributed by atoms with van der Waals surface area (Å²) in [7, 11) is 0. The molecule has 1 aromatic carbocycles. The Labute approximate surface area is 187 Å². The van der Waals surface area contributed by atoms with Gasteiger partial charge in [0, 0.05) is 30.6 Å². The minimum atomic E-state index is -0.784. The largest absolute Gasteiger partial charge is 0.493 e. The SMILES string of the molecule is CC(C)c1noc(N2CCC(COc3ccc(C4=CCC(C(=O)O)CC4)c(F)c3)CC2)n1. The third-order valence-corrected chi connectivity index (χ3v) is 6.36. The number of carboxylic acid groups (broad SMARTS) is 1. The highest BCUT2D eigenvalue weighted by atomic mass is 19.1. The quantitative estimate of drug-likeness (QED) is 0.651. The number of allylic oxidation sites excluding steroid dienone is 2. The van der Waals surface area contributed by atoms with Crippen molar-refractivity contribution in [2.45, 2.75) is 51.9 Å². The third kappa shape index (κ3) is 5.11. The summed E-state index contributed by atoms with van der Waals surface area (Å²) >= 11 is 0. The molecule has 1 N–H and O–H groups in total. The number of ether oxygens (including phenoxy) is 1. The lowest BCUT2D eigenvalue weighted by Crippen LogP contribution is -2.35. The zero-order chi connectivity index (χ0) is 22.7. The number of nitrogens with zero attached hydrogens (tertiary/aromatic N) is 3. The zero-order valence-corrected chi connectivity index (χ0v) is 18.6. The molecule has 2 heterocycles. The van der Waals surface area contributed by atoms with Gasteiger partial charge in [0.1, 0.15) is 11.6 Å². The van der Waals surface area contributed by atoms with Crippen LogP contribution in [0.4, 0.5) is 10.4 Å². The van der Waals surface area contributed by atoms with Gasteiger partial charge in [0.2, 0.25) is 0 Å². The van der Waals surface area contributed by atoms with E-state index in [0.29, 0.717) is 49.1 Å². The van der Waals surface area contributed by atoms with Crippen LogP contribution in [-0.2, 0) is 4.79 Å². The maximum Gasteiger partial charge on any atom is 0.324 e. The average molecular weight is 444 g/mol. The van der Waals surface area contributed by atoms with E-state index in [9.17, 15) is 9.18 Å². The van der Waals surface area contributed by atoms with Crippen LogP contribution >= 0.6 is 0 Å². The number of hydrogen-bond donors (Lipinski definition) is 1. The molecule has 1 aromatic heterocycles. The molecule has 1 unspecified atom stereocenters. The predicted octanol–water partition coefficient (Wildman–Crippen LogP) is 4.90. The Morgan fingerprint density at radius 2 is 2.09 bits per heavy atom. The van der Waals surface area contributed by atoms with Crippen molar-refractivity contribution < 1.29 is 23.6 Å². The highest BCUT2D eigenvalue weighted by Crippen LogP contribution is 2.33. The van der Waals surface area contributed by atoms with Crippen molar-refractivity contribution in [1.82, 2.24) is 10.1 Å². The number of benzene rings is 1. The lowest BCUT2D eigenvalue weighted by Gasteiger charge is -2.30. The van der Waals surface area contributed by atoms with Gasteiger partial charge in [-0.2, -0.15) is 4.98 Å². The summed E-state index contributed by atoms with van der Waals surface area (Å²) in [5.41, 5.74) is 1.41. The van der Waals surface area contributed by atoms with Gasteiger partial charge >= 0.3 is 12.0 Å². The van der Waals surface area contributed by atoms with Gasteiger partial charge in [-0.25, -0.2) is 4.39 Å². The molecule has 1 aliphatic carbocycles. The number of carboxylic acids is 1. The molecular weight excluding hydrogens is 413 g/mol. The molecule has 0 radical (unpaired) electrons. The van der Waals surface area contributed by atoms with Gasteiger partial charge in [0.05, 0.1) is 12.5 Å². The van der Waals surface area contributed by atoms with Crippen LogP contribution in [0.1, 0.15) is 63.3 Å². The number of hydrogen-bond acceptors (Lipinski definition) is 6. The first kappa shape index (κ1) is 22.3. The summed E-state index contributed by atoms with van der Waals surface area (Å²) in [6, 6.07) is 5.55. The maximum absolute atomic E-state index is 14.7. The van der Waals surface area contributed by atoms with Crippen LogP contribution < -0.4 is 9.64 Å². The molecule has 172 valence electrons. The molecule has 1 saturated heterocycles. The number of aliphatic carboxylic acids is 1. The first-order valence-corrected chi connectivity index (χ1v) is 11.3. The van der Waals surface area contributed by atoms with Gasteiger partial charge in [0.25, 0.3) is 0 Å². The highest BCUT2D eigenvalue weighted by molar-refractivity contribution is 5.74. The van der Waals surface area contributed by atoms with E-state index >= 15 is 0 Å². The van der Waals surface area contributed by atoms with Crippen molar-refractivity contribution in [3.05, 3.63) is 41.5 Å². The molecule has 0 bridgehead atoms. The number of rotatable bonds is 7. The van der Waals surface area contributed by atoms with Crippen molar-refractivity contribution in [3.63, 3.8) is 0 Å². The van der Waals surface area contributed by atoms with Gasteiger partial charge in [-0.15, -0.1) is 0 Å². The Bertz CT molecular complexity index is 979. The fraction of sp³-hybridized carbons (Fsp3) is 0.542. The molecule has 1 aliphatic heterocycles. The molecule has 1 fully saturated rings. The van der Waals surface area contributed by atoms with E-state index in [1.54, 1.807) is 12.1 Å². The van der Waals surface area contributed by atoms with Crippen LogP contribution in [-0.4, -0.2) is 40.9 Å². The topological polar surface area (TPSA) is 88.7 Å². The van der Waals surface area contributed by atoms with Crippen molar-refractivity contribution in [2.24, 2.45) is 11.8 Å². The van der Waals surface area contributed by atoms with Gasteiger partial charge in [-0.05, 0) is 55.7 Å². The van der Waals surface area contributed by atoms with Gasteiger partial charge in [-0.1, -0.05) is 25.1 Å². The van der Waals surface area contributed by atoms with E-state index in [2.05, 4.69) is 15.0 Å². The van der Waals surface area contributed by atoms with Crippen LogP contribution in [0.25, 0.3) is 5.57 Å². The van der Waals surface area contributed by atoms with Gasteiger partial charge < -0.3 is 19.3 Å². The first-order valence-electron chi connectivity index (χ1n) is 11.3. The molecule has 4 rings (SSSR count). The Kier molecular flexibility index (Phi) is 6.77. The second-order valence-electron chi connectivity index (χ2n) is 9.01. The van der Waals surface area contributed by atoms with E-state index in [4.69, 9.17) is 14.4 Å². The second-order valence-corrected chi connectivity index (χ2v) is 9.01. The summed E-state index contributed by atoms with van der Waals surface area (Å²) < 4.78 is 26.0. The second kappa shape index (κ2) is 9.71. The Balaban J connectivity index is 1.27. The normalized spacial score (nSPS) is 19.8. The molecule has 2 aliphatic rings. The highest BCUT2D eigenvalue weighted by Gasteiger charge is 2.25. The predicted molar refractivity (Wildman–Crippen MR) is 118 cm³/mol. The smallest absolute Gasteiger partial charge is 0.324 e. The molecule has 7 nitrogen and oxygen atoms in total. The molecule has 0 spiro atoms. The third-order valence-electron chi connectivity index (χ3n) is 6.36. The zero-order valence-electron chi connectivity index (χ0n) is 18.6. The molecule has 8 heteroatoms. The summed E-state index contributed by atoms with van der Waals surface area (Å²) in [6.07, 6.45) is 5.30. The molecular formula is C24H30FN3O4. The van der Waals surface area contributed by atoms with Crippen molar-refractivity contribution in [2.75, 3.05) is 24.6 Å². The Morgan fingerprint density at radius 1 is 1.31 bits per heavy atom. The maximum atomic E-state index is 14.7. The van der Waals surface area contributed by atoms with Crippen LogP contribution in [0.15, 0.2) is 28.8 Å². The monoisotopic (exact) mass is 443 g/mol. The van der Waals surface area contributed by atoms with Crippen molar-refractivity contribution in [1.29, 1.82) is 0 Å². The van der Waals surface area contributed by atoms with Crippen LogP contribution in [0.3, 0.4) is 0 Å². The van der Waals surface area contributed by atoms with E-state index in [-0.39, 0.29) is 17.7 Å². The van der Waals surface area contributed by atoms with E-state index in [0.717, 1.165) is 37.3 Å². The standard InChI is InChI=1S/C24H30FN3O4/c1-15(2)22-26-24(32-27-22)28-11-9-16(10-12-28)14-31-19-7-8-20(21(25)13-19)17-3-5-18(6-4-17)23(29)30/h3,7-8,13,15-16,18H,4-6,9-12,14H2,1-2H3,(H,29,30). The Hall–Kier alpha value is -2.90. The lowest BCUT2D eigenvalue weighted by atomic mass is 9.86. The lowest BCUT2D eigenvalue weighted by molar-refractivity contribution is -0.141. The summed E-state index contributed by atoms with van der Waals surface area (Å²) in [4.78, 5) is 17.7. The van der Waals surface area contributed by atoms with Crippen LogP contribution in [0.2, 0.25) is 0 Å². The van der Waals surface area contributed by atoms with Crippen LogP contribution in [0.5, 0.6) is 5.75 Å². The molecule has 0 amide bonds. The fourth-order valence-electron chi connectivity index (χ4n) is 4.24. The Morgan fingerprint density at radius 3 is 2.69 bits per heavy atom. The van der Waals surface area contributed by atoms with Crippen molar-refractivity contribution >= 4 is 17.6 Å². The van der Waals surface area contributed by atoms with Gasteiger partial charge in [0.15, 0.2) is 5.82 Å².